The van der Waals surface area contributed by atoms with Crippen LogP contribution in [0.4, 0.5) is 4.39 Å². The van der Waals surface area contributed by atoms with E-state index in [1.54, 1.807) is 0 Å². The summed E-state index contributed by atoms with van der Waals surface area (Å²) in [5, 5.41) is 11.8. The van der Waals surface area contributed by atoms with E-state index in [1.165, 1.54) is 12.1 Å². The molecule has 1 unspecified atom stereocenters. The molecule has 1 atom stereocenters. The summed E-state index contributed by atoms with van der Waals surface area (Å²) in [5.41, 5.74) is 0.266. The topological polar surface area (TPSA) is 49.3 Å². The molecule has 0 aliphatic carbocycles. The summed E-state index contributed by atoms with van der Waals surface area (Å²) in [6.45, 7) is 2.65. The maximum atomic E-state index is 12.9. The molecule has 1 aromatic rings. The zero-order valence-corrected chi connectivity index (χ0v) is 11.7. The van der Waals surface area contributed by atoms with Gasteiger partial charge in [-0.2, -0.15) is 0 Å². The minimum Gasteiger partial charge on any atom is -0.396 e. The lowest BCUT2D eigenvalue weighted by molar-refractivity contribution is 0.0943. The fourth-order valence-corrected chi connectivity index (χ4v) is 2.20. The van der Waals surface area contributed by atoms with E-state index >= 15 is 0 Å². The van der Waals surface area contributed by atoms with Gasteiger partial charge in [0.1, 0.15) is 5.82 Å². The van der Waals surface area contributed by atoms with Crippen molar-refractivity contribution in [1.29, 1.82) is 0 Å². The summed E-state index contributed by atoms with van der Waals surface area (Å²) in [7, 11) is 0. The Bertz CT molecular complexity index is 420. The van der Waals surface area contributed by atoms with Gasteiger partial charge in [-0.15, -0.1) is 0 Å². The van der Waals surface area contributed by atoms with Crippen LogP contribution in [0.25, 0.3) is 0 Å². The van der Waals surface area contributed by atoms with Gasteiger partial charge in [-0.3, -0.25) is 4.79 Å². The van der Waals surface area contributed by atoms with E-state index in [1.807, 2.05) is 0 Å². The molecule has 0 spiro atoms. The Morgan fingerprint density at radius 2 is 2.21 bits per heavy atom. The van der Waals surface area contributed by atoms with Crippen molar-refractivity contribution >= 4 is 17.5 Å². The fraction of sp³-hybridized carbons (Fsp3) is 0.500. The lowest BCUT2D eigenvalue weighted by atomic mass is 10.00. The summed E-state index contributed by atoms with van der Waals surface area (Å²) in [6.07, 6.45) is 2.60. The van der Waals surface area contributed by atoms with Gasteiger partial charge in [-0.05, 0) is 37.0 Å². The van der Waals surface area contributed by atoms with Crippen molar-refractivity contribution in [2.45, 2.75) is 26.2 Å². The summed E-state index contributed by atoms with van der Waals surface area (Å²) in [5.74, 6) is -0.534. The first-order valence-corrected chi connectivity index (χ1v) is 6.80. The molecule has 0 radical (unpaired) electrons. The number of amides is 1. The minimum atomic E-state index is -0.467. The predicted octanol–water partition coefficient (Wildman–Crippen LogP) is 3.01. The Morgan fingerprint density at radius 1 is 1.47 bits per heavy atom. The van der Waals surface area contributed by atoms with Crippen LogP contribution in [0.5, 0.6) is 0 Å². The molecular formula is C14H19ClFNO2. The van der Waals surface area contributed by atoms with Crippen LogP contribution in [0.15, 0.2) is 18.2 Å². The minimum absolute atomic E-state index is 0.103. The molecule has 0 heterocycles. The molecule has 19 heavy (non-hydrogen) atoms. The zero-order chi connectivity index (χ0) is 14.3. The van der Waals surface area contributed by atoms with Gasteiger partial charge < -0.3 is 10.4 Å². The third kappa shape index (κ3) is 5.17. The number of carbonyl (C=O) groups excluding carboxylic acids is 1. The first-order chi connectivity index (χ1) is 9.08. The van der Waals surface area contributed by atoms with Crippen molar-refractivity contribution < 1.29 is 14.3 Å². The van der Waals surface area contributed by atoms with Crippen LogP contribution < -0.4 is 5.32 Å². The average molecular weight is 288 g/mol. The lowest BCUT2D eigenvalue weighted by Crippen LogP contribution is -2.30. The molecule has 0 saturated carbocycles. The van der Waals surface area contributed by atoms with Crippen molar-refractivity contribution in [1.82, 2.24) is 5.32 Å². The first-order valence-electron chi connectivity index (χ1n) is 6.42. The molecule has 0 aliphatic rings. The highest BCUT2D eigenvalue weighted by molar-refractivity contribution is 6.33. The molecule has 1 amide bonds. The first kappa shape index (κ1) is 15.9. The number of benzene rings is 1. The second-order valence-corrected chi connectivity index (χ2v) is 4.91. The molecule has 0 aromatic heterocycles. The molecule has 1 aromatic carbocycles. The highest BCUT2D eigenvalue weighted by Crippen LogP contribution is 2.17. The van der Waals surface area contributed by atoms with E-state index in [4.69, 9.17) is 16.7 Å². The van der Waals surface area contributed by atoms with Gasteiger partial charge in [-0.25, -0.2) is 4.39 Å². The largest absolute Gasteiger partial charge is 0.396 e. The van der Waals surface area contributed by atoms with Crippen molar-refractivity contribution in [2.75, 3.05) is 13.2 Å². The van der Waals surface area contributed by atoms with E-state index in [0.29, 0.717) is 13.0 Å². The van der Waals surface area contributed by atoms with Gasteiger partial charge in [0.25, 0.3) is 5.91 Å². The highest BCUT2D eigenvalue weighted by atomic mass is 35.5. The van der Waals surface area contributed by atoms with Crippen LogP contribution in [0, 0.1) is 11.7 Å². The van der Waals surface area contributed by atoms with Crippen molar-refractivity contribution in [3.05, 3.63) is 34.6 Å². The maximum Gasteiger partial charge on any atom is 0.252 e. The monoisotopic (exact) mass is 287 g/mol. The third-order valence-corrected chi connectivity index (χ3v) is 3.27. The number of nitrogens with one attached hydrogen (secondary N) is 1. The smallest absolute Gasteiger partial charge is 0.252 e. The van der Waals surface area contributed by atoms with Gasteiger partial charge in [0.05, 0.1) is 10.6 Å². The predicted molar refractivity (Wildman–Crippen MR) is 73.8 cm³/mol. The SMILES string of the molecule is CCCC(CCO)CNC(=O)c1ccc(F)cc1Cl. The van der Waals surface area contributed by atoms with Crippen LogP contribution in [-0.4, -0.2) is 24.2 Å². The molecule has 0 bridgehead atoms. The summed E-state index contributed by atoms with van der Waals surface area (Å²) in [4.78, 5) is 11.9. The Labute approximate surface area is 117 Å². The van der Waals surface area contributed by atoms with Gasteiger partial charge in [0, 0.05) is 13.2 Å². The molecule has 0 fully saturated rings. The Morgan fingerprint density at radius 3 is 2.79 bits per heavy atom. The standard InChI is InChI=1S/C14H19ClFNO2/c1-2-3-10(6-7-18)9-17-14(19)12-5-4-11(16)8-13(12)15/h4-5,8,10,18H,2-3,6-7,9H2,1H3,(H,17,19). The molecule has 106 valence electrons. The van der Waals surface area contributed by atoms with Crippen LogP contribution in [-0.2, 0) is 0 Å². The van der Waals surface area contributed by atoms with Gasteiger partial charge in [0.15, 0.2) is 0 Å². The van der Waals surface area contributed by atoms with Gasteiger partial charge >= 0.3 is 0 Å². The zero-order valence-electron chi connectivity index (χ0n) is 11.0. The van der Waals surface area contributed by atoms with E-state index in [0.717, 1.165) is 18.9 Å². The maximum absolute atomic E-state index is 12.9. The number of aliphatic hydroxyl groups excluding tert-OH is 1. The second-order valence-electron chi connectivity index (χ2n) is 4.50. The fourth-order valence-electron chi connectivity index (χ4n) is 1.95. The molecule has 2 N–H and O–H groups in total. The number of rotatable bonds is 7. The van der Waals surface area contributed by atoms with Crippen LogP contribution in [0.2, 0.25) is 5.02 Å². The van der Waals surface area contributed by atoms with Crippen LogP contribution in [0.1, 0.15) is 36.5 Å². The molecule has 5 heteroatoms. The van der Waals surface area contributed by atoms with E-state index in [-0.39, 0.29) is 29.0 Å². The number of halogens is 2. The number of carbonyl (C=O) groups is 1. The van der Waals surface area contributed by atoms with Gasteiger partial charge in [-0.1, -0.05) is 24.9 Å². The van der Waals surface area contributed by atoms with Gasteiger partial charge in [0.2, 0.25) is 0 Å². The van der Waals surface area contributed by atoms with E-state index < -0.39 is 5.82 Å². The van der Waals surface area contributed by atoms with Crippen LogP contribution in [0.3, 0.4) is 0 Å². The average Bonchev–Trinajstić information content (AvgIpc) is 2.36. The Hall–Kier alpha value is -1.13. The summed E-state index contributed by atoms with van der Waals surface area (Å²) in [6, 6.07) is 3.69. The van der Waals surface area contributed by atoms with Crippen molar-refractivity contribution in [3.63, 3.8) is 0 Å². The summed E-state index contributed by atoms with van der Waals surface area (Å²) >= 11 is 5.82. The summed E-state index contributed by atoms with van der Waals surface area (Å²) < 4.78 is 12.9. The van der Waals surface area contributed by atoms with E-state index in [2.05, 4.69) is 12.2 Å². The second kappa shape index (κ2) is 8.12. The normalized spacial score (nSPS) is 12.2. The molecule has 0 aliphatic heterocycles. The molecular weight excluding hydrogens is 269 g/mol. The van der Waals surface area contributed by atoms with Crippen molar-refractivity contribution in [2.24, 2.45) is 5.92 Å². The number of aliphatic hydroxyl groups is 1. The number of hydrogen-bond acceptors (Lipinski definition) is 2. The molecule has 0 saturated heterocycles. The lowest BCUT2D eigenvalue weighted by Gasteiger charge is -2.16. The van der Waals surface area contributed by atoms with E-state index in [9.17, 15) is 9.18 Å². The van der Waals surface area contributed by atoms with Crippen molar-refractivity contribution in [3.8, 4) is 0 Å². The third-order valence-electron chi connectivity index (χ3n) is 2.96. The highest BCUT2D eigenvalue weighted by Gasteiger charge is 2.13. The Kier molecular flexibility index (Phi) is 6.81. The molecule has 1 rings (SSSR count). The van der Waals surface area contributed by atoms with Crippen LogP contribution >= 0.6 is 11.6 Å². The Balaban J connectivity index is 2.58. The molecule has 3 nitrogen and oxygen atoms in total. The quantitative estimate of drug-likeness (QED) is 0.810. The number of hydrogen-bond donors (Lipinski definition) is 2.